The Balaban J connectivity index is 5.03. The van der Waals surface area contributed by atoms with E-state index in [9.17, 15) is 5.11 Å². The minimum atomic E-state index is -3.16. The zero-order chi connectivity index (χ0) is 12.7. The molecule has 0 spiro atoms. The second-order valence-electron chi connectivity index (χ2n) is 2.76. The van der Waals surface area contributed by atoms with Gasteiger partial charge < -0.3 is 9.53 Å². The molecule has 0 rings (SSSR count). The molecule has 0 aliphatic carbocycles. The maximum absolute atomic E-state index is 9.42. The van der Waals surface area contributed by atoms with Crippen molar-refractivity contribution >= 4 is 19.9 Å². The fourth-order valence-electron chi connectivity index (χ4n) is 0.221. The number of hydrogen-bond donors (Lipinski definition) is 1. The van der Waals surface area contributed by atoms with Crippen molar-refractivity contribution in [3.8, 4) is 0 Å². The quantitative estimate of drug-likeness (QED) is 0.533. The van der Waals surface area contributed by atoms with E-state index in [1.54, 1.807) is 19.6 Å². The standard InChI is InChI=1S/C6H15ClO2Si/c1-10(2,3)9-5-6(8)4-7/h6,8H,4-5H2,1-3H3/i4D2,5D2,6D. The van der Waals surface area contributed by atoms with E-state index in [2.05, 4.69) is 0 Å². The van der Waals surface area contributed by atoms with Crippen molar-refractivity contribution in [2.24, 2.45) is 0 Å². The van der Waals surface area contributed by atoms with Crippen LogP contribution in [0.3, 0.4) is 0 Å². The summed E-state index contributed by atoms with van der Waals surface area (Å²) in [6.07, 6.45) is -3.16. The van der Waals surface area contributed by atoms with Crippen molar-refractivity contribution in [2.75, 3.05) is 12.4 Å². The van der Waals surface area contributed by atoms with Crippen LogP contribution >= 0.6 is 11.6 Å². The molecule has 0 aliphatic rings. The third-order valence-electron chi connectivity index (χ3n) is 0.543. The van der Waals surface area contributed by atoms with E-state index in [1.165, 1.54) is 0 Å². The molecular formula is C6H15ClO2Si. The van der Waals surface area contributed by atoms with Gasteiger partial charge in [-0.25, -0.2) is 0 Å². The summed E-state index contributed by atoms with van der Waals surface area (Å²) >= 11 is 5.13. The van der Waals surface area contributed by atoms with Gasteiger partial charge in [-0.05, 0) is 19.6 Å². The number of rotatable bonds is 4. The van der Waals surface area contributed by atoms with Crippen molar-refractivity contribution in [2.45, 2.75) is 25.7 Å². The molecule has 0 amide bonds. The smallest absolute Gasteiger partial charge is 0.183 e. The lowest BCUT2D eigenvalue weighted by atomic mass is 10.4. The Labute approximate surface area is 75.3 Å². The summed E-state index contributed by atoms with van der Waals surface area (Å²) in [5.41, 5.74) is 0. The summed E-state index contributed by atoms with van der Waals surface area (Å²) in [6.45, 7) is 2.11. The topological polar surface area (TPSA) is 29.5 Å². The van der Waals surface area contributed by atoms with E-state index >= 15 is 0 Å². The molecule has 1 N–H and O–H groups in total. The molecule has 1 atom stereocenters. The van der Waals surface area contributed by atoms with Gasteiger partial charge in [0.05, 0.1) is 22.6 Å². The fraction of sp³-hybridized carbons (Fsp3) is 1.00. The van der Waals surface area contributed by atoms with E-state index in [1.807, 2.05) is 0 Å². The van der Waals surface area contributed by atoms with E-state index in [0.29, 0.717) is 0 Å². The Kier molecular flexibility index (Phi) is 1.93. The first kappa shape index (κ1) is 4.45. The first-order chi connectivity index (χ1) is 6.21. The van der Waals surface area contributed by atoms with Crippen LogP contribution < -0.4 is 0 Å². The molecule has 0 aromatic carbocycles. The summed E-state index contributed by atoms with van der Waals surface area (Å²) < 4.78 is 40.8. The van der Waals surface area contributed by atoms with Crippen LogP contribution in [0.25, 0.3) is 0 Å². The van der Waals surface area contributed by atoms with Crippen LogP contribution in [0, 0.1) is 0 Å². The predicted molar refractivity (Wildman–Crippen MR) is 46.0 cm³/mol. The molecule has 62 valence electrons. The van der Waals surface area contributed by atoms with Crippen LogP contribution in [0.5, 0.6) is 0 Å². The molecule has 0 aromatic rings. The summed E-state index contributed by atoms with van der Waals surface area (Å²) in [7, 11) is -2.36. The summed E-state index contributed by atoms with van der Waals surface area (Å²) in [5.74, 6) is -2.93. The maximum atomic E-state index is 9.42. The second kappa shape index (κ2) is 4.33. The minimum absolute atomic E-state index is 1.66. The average Bonchev–Trinajstić information content (AvgIpc) is 1.77. The van der Waals surface area contributed by atoms with Crippen LogP contribution in [0.2, 0.25) is 19.6 Å². The van der Waals surface area contributed by atoms with Gasteiger partial charge in [0, 0.05) is 2.74 Å². The molecule has 1 unspecified atom stereocenters. The fourth-order valence-corrected chi connectivity index (χ4v) is 0.662. The number of halogens is 1. The van der Waals surface area contributed by atoms with Crippen molar-refractivity contribution in [1.82, 2.24) is 0 Å². The molecule has 0 aromatic heterocycles. The second-order valence-corrected chi connectivity index (χ2v) is 7.38. The molecule has 0 saturated heterocycles. The van der Waals surface area contributed by atoms with E-state index < -0.39 is 26.8 Å². The highest BCUT2D eigenvalue weighted by atomic mass is 35.5. The molecule has 0 aliphatic heterocycles. The first-order valence-corrected chi connectivity index (χ1v) is 6.61. The predicted octanol–water partition coefficient (Wildman–Crippen LogP) is 1.44. The van der Waals surface area contributed by atoms with Crippen molar-refractivity contribution in [3.63, 3.8) is 0 Å². The third-order valence-corrected chi connectivity index (χ3v) is 1.44. The summed E-state index contributed by atoms with van der Waals surface area (Å²) in [4.78, 5) is 0. The van der Waals surface area contributed by atoms with Gasteiger partial charge in [-0.15, -0.1) is 11.6 Å². The molecule has 0 saturated carbocycles. The summed E-state index contributed by atoms with van der Waals surface area (Å²) in [5, 5.41) is 9.42. The normalized spacial score (nSPS) is 28.7. The minimum Gasteiger partial charge on any atom is -0.415 e. The van der Waals surface area contributed by atoms with Gasteiger partial charge in [-0.1, -0.05) is 0 Å². The third kappa shape index (κ3) is 6.55. The van der Waals surface area contributed by atoms with Gasteiger partial charge >= 0.3 is 0 Å². The first-order valence-electron chi connectivity index (χ1n) is 5.32. The molecule has 2 nitrogen and oxygen atoms in total. The van der Waals surface area contributed by atoms with Crippen LogP contribution in [0.15, 0.2) is 0 Å². The largest absolute Gasteiger partial charge is 0.415 e. The molecule has 10 heavy (non-hydrogen) atoms. The highest BCUT2D eigenvalue weighted by Gasteiger charge is 2.15. The maximum Gasteiger partial charge on any atom is 0.183 e. The van der Waals surface area contributed by atoms with Gasteiger partial charge in [0.15, 0.2) is 8.32 Å². The van der Waals surface area contributed by atoms with E-state index in [-0.39, 0.29) is 0 Å². The molecule has 4 heteroatoms. The number of hydrogen-bond acceptors (Lipinski definition) is 2. The highest BCUT2D eigenvalue weighted by molar-refractivity contribution is 6.69. The number of alkyl halides is 1. The van der Waals surface area contributed by atoms with Gasteiger partial charge in [0.2, 0.25) is 0 Å². The number of aliphatic hydroxyl groups is 1. The van der Waals surface area contributed by atoms with Crippen LogP contribution in [-0.2, 0) is 4.43 Å². The van der Waals surface area contributed by atoms with Gasteiger partial charge in [0.25, 0.3) is 0 Å². The lowest BCUT2D eigenvalue weighted by Gasteiger charge is -2.18. The van der Waals surface area contributed by atoms with Gasteiger partial charge in [-0.2, -0.15) is 0 Å². The average molecular weight is 188 g/mol. The highest BCUT2D eigenvalue weighted by Crippen LogP contribution is 2.03. The molecular weight excluding hydrogens is 168 g/mol. The van der Waals surface area contributed by atoms with Crippen molar-refractivity contribution < 1.29 is 16.4 Å². The van der Waals surface area contributed by atoms with E-state index in [0.717, 1.165) is 0 Å². The summed E-state index contributed by atoms with van der Waals surface area (Å²) in [6, 6.07) is 0. The Bertz CT molecular complexity index is 235. The van der Waals surface area contributed by atoms with Gasteiger partial charge in [0.1, 0.15) is 0 Å². The molecule has 0 radical (unpaired) electrons. The molecule has 0 bridgehead atoms. The van der Waals surface area contributed by atoms with Gasteiger partial charge in [-0.3, -0.25) is 0 Å². The van der Waals surface area contributed by atoms with Crippen LogP contribution in [0.4, 0.5) is 0 Å². The zero-order valence-electron chi connectivity index (χ0n) is 11.2. The Morgan fingerprint density at radius 1 is 1.80 bits per heavy atom. The monoisotopic (exact) mass is 187 g/mol. The Hall–Kier alpha value is 0.427. The lowest BCUT2D eigenvalue weighted by molar-refractivity contribution is 0.121. The van der Waals surface area contributed by atoms with Crippen LogP contribution in [-0.4, -0.2) is 31.9 Å². The van der Waals surface area contributed by atoms with Crippen molar-refractivity contribution in [1.29, 1.82) is 0 Å². The SMILES string of the molecule is [2H]C([2H])(Cl)C([2H])(O)C([2H])([2H])O[Si](C)(C)C. The Morgan fingerprint density at radius 2 is 2.30 bits per heavy atom. The Morgan fingerprint density at radius 3 is 2.60 bits per heavy atom. The lowest BCUT2D eigenvalue weighted by Crippen LogP contribution is -2.30. The van der Waals surface area contributed by atoms with E-state index in [4.69, 9.17) is 22.9 Å². The molecule has 0 fully saturated rings. The van der Waals surface area contributed by atoms with Crippen LogP contribution in [0.1, 0.15) is 6.85 Å². The van der Waals surface area contributed by atoms with Crippen molar-refractivity contribution in [3.05, 3.63) is 0 Å². The zero-order valence-corrected chi connectivity index (χ0v) is 7.99. The molecule has 0 heterocycles.